The Labute approximate surface area is 160 Å². The number of anilines is 2. The molecule has 0 saturated carbocycles. The van der Waals surface area contributed by atoms with E-state index in [0.29, 0.717) is 28.5 Å². The number of methoxy groups -OCH3 is 1. The van der Waals surface area contributed by atoms with Crippen LogP contribution in [0.15, 0.2) is 12.1 Å². The van der Waals surface area contributed by atoms with Gasteiger partial charge in [0.15, 0.2) is 17.3 Å². The van der Waals surface area contributed by atoms with E-state index in [0.717, 1.165) is 0 Å². The summed E-state index contributed by atoms with van der Waals surface area (Å²) in [7, 11) is 1.40. The molecule has 11 heteroatoms. The molecule has 0 aliphatic heterocycles. The van der Waals surface area contributed by atoms with Crippen LogP contribution in [0, 0.1) is 5.92 Å². The van der Waals surface area contributed by atoms with Gasteiger partial charge in [-0.05, 0) is 12.0 Å². The maximum absolute atomic E-state index is 10.1. The third-order valence-electron chi connectivity index (χ3n) is 4.34. The van der Waals surface area contributed by atoms with E-state index in [2.05, 4.69) is 36.0 Å². The van der Waals surface area contributed by atoms with Gasteiger partial charge >= 0.3 is 0 Å². The van der Waals surface area contributed by atoms with Crippen LogP contribution in [-0.4, -0.2) is 60.5 Å². The van der Waals surface area contributed by atoms with Crippen molar-refractivity contribution in [3.8, 4) is 17.2 Å². The Bertz CT molecular complexity index is 960. The molecule has 0 aliphatic rings. The van der Waals surface area contributed by atoms with Crippen molar-refractivity contribution >= 4 is 22.9 Å². The lowest BCUT2D eigenvalue weighted by atomic mass is 10.1. The number of aliphatic hydroxyl groups excluding tert-OH is 1. The van der Waals surface area contributed by atoms with Gasteiger partial charge in [0, 0.05) is 18.2 Å². The minimum atomic E-state index is -0.222. The highest BCUT2D eigenvalue weighted by Gasteiger charge is 2.17. The first-order valence-electron chi connectivity index (χ1n) is 8.71. The minimum absolute atomic E-state index is 0.0336. The Balaban J connectivity index is 1.86. The average Bonchev–Trinajstić information content (AvgIpc) is 3.14. The van der Waals surface area contributed by atoms with Gasteiger partial charge in [-0.1, -0.05) is 19.1 Å². The predicted octanol–water partition coefficient (Wildman–Crippen LogP) is 1.21. The molecule has 0 amide bonds. The van der Waals surface area contributed by atoms with Crippen LogP contribution in [0.4, 0.5) is 11.8 Å². The van der Waals surface area contributed by atoms with Crippen molar-refractivity contribution in [3.05, 3.63) is 17.7 Å². The number of hydrogen-bond donors (Lipinski definition) is 6. The molecule has 3 rings (SSSR count). The fourth-order valence-corrected chi connectivity index (χ4v) is 2.61. The number of aliphatic hydroxyl groups is 1. The highest BCUT2D eigenvalue weighted by Crippen LogP contribution is 2.33. The van der Waals surface area contributed by atoms with Crippen molar-refractivity contribution < 1.29 is 20.1 Å². The zero-order valence-electron chi connectivity index (χ0n) is 15.8. The largest absolute Gasteiger partial charge is 0.507 e. The Morgan fingerprint density at radius 3 is 2.64 bits per heavy atom. The second-order valence-corrected chi connectivity index (χ2v) is 6.59. The smallest absolute Gasteiger partial charge is 0.227 e. The van der Waals surface area contributed by atoms with Crippen LogP contribution < -0.4 is 15.4 Å². The van der Waals surface area contributed by atoms with E-state index in [1.54, 1.807) is 0 Å². The molecular formula is C17H23N7O4. The zero-order valence-corrected chi connectivity index (χ0v) is 15.8. The van der Waals surface area contributed by atoms with E-state index >= 15 is 0 Å². The number of fused-ring (bicyclic) bond motifs is 1. The van der Waals surface area contributed by atoms with Gasteiger partial charge in [-0.25, -0.2) is 0 Å². The quantitative estimate of drug-likeness (QED) is 0.309. The van der Waals surface area contributed by atoms with E-state index in [1.807, 2.05) is 13.8 Å². The molecule has 0 saturated heterocycles. The molecule has 150 valence electrons. The van der Waals surface area contributed by atoms with Gasteiger partial charge in [0.1, 0.15) is 11.3 Å². The third-order valence-corrected chi connectivity index (χ3v) is 4.34. The summed E-state index contributed by atoms with van der Waals surface area (Å²) >= 11 is 0. The first-order valence-corrected chi connectivity index (χ1v) is 8.71. The Kier molecular flexibility index (Phi) is 5.64. The van der Waals surface area contributed by atoms with Gasteiger partial charge < -0.3 is 30.7 Å². The van der Waals surface area contributed by atoms with Crippen LogP contribution in [0.2, 0.25) is 0 Å². The molecule has 1 aromatic carbocycles. The fraction of sp³-hybridized carbons (Fsp3) is 0.412. The Morgan fingerprint density at radius 1 is 1.18 bits per heavy atom. The molecule has 2 aromatic heterocycles. The summed E-state index contributed by atoms with van der Waals surface area (Å²) < 4.78 is 4.97. The van der Waals surface area contributed by atoms with Crippen molar-refractivity contribution in [1.82, 2.24) is 25.4 Å². The first-order chi connectivity index (χ1) is 13.4. The number of aromatic nitrogens is 5. The molecule has 1 atom stereocenters. The number of aromatic amines is 1. The number of hydrogen-bond acceptors (Lipinski definition) is 10. The van der Waals surface area contributed by atoms with Crippen molar-refractivity contribution in [2.45, 2.75) is 26.4 Å². The lowest BCUT2D eigenvalue weighted by molar-refractivity contribution is 0.248. The van der Waals surface area contributed by atoms with Crippen molar-refractivity contribution in [2.75, 3.05) is 24.4 Å². The Morgan fingerprint density at radius 2 is 1.96 bits per heavy atom. The third kappa shape index (κ3) is 3.98. The number of ether oxygens (including phenoxy) is 1. The summed E-state index contributed by atoms with van der Waals surface area (Å²) in [6, 6.07) is 2.52. The molecule has 0 fully saturated rings. The standard InChI is InChI=1S/C17H23N7O4/c1-8(2)10(7-25)19-17-20-15(14-16(21-17)23-24-22-14)18-6-9-4-12(27)13(28-3)5-11(9)26/h4-5,8,10,25-27H,6-7H2,1-3H3,(H3,18,19,20,21,22,23,24)/t10-/m0/s1. The fourth-order valence-electron chi connectivity index (χ4n) is 2.61. The van der Waals surface area contributed by atoms with Crippen LogP contribution in [0.25, 0.3) is 11.2 Å². The van der Waals surface area contributed by atoms with Crippen LogP contribution in [0.1, 0.15) is 19.4 Å². The number of benzene rings is 1. The summed E-state index contributed by atoms with van der Waals surface area (Å²) in [5.74, 6) is 0.925. The predicted molar refractivity (Wildman–Crippen MR) is 102 cm³/mol. The molecule has 0 unspecified atom stereocenters. The molecule has 0 spiro atoms. The monoisotopic (exact) mass is 389 g/mol. The van der Waals surface area contributed by atoms with Crippen molar-refractivity contribution in [3.63, 3.8) is 0 Å². The number of nitrogens with zero attached hydrogens (tertiary/aromatic N) is 4. The number of H-pyrrole nitrogens is 1. The molecule has 3 aromatic rings. The summed E-state index contributed by atoms with van der Waals surface area (Å²) in [6.07, 6.45) is 0. The summed E-state index contributed by atoms with van der Waals surface area (Å²) in [5, 5.41) is 46.1. The molecule has 0 radical (unpaired) electrons. The van der Waals surface area contributed by atoms with Crippen molar-refractivity contribution in [2.24, 2.45) is 5.92 Å². The molecular weight excluding hydrogens is 366 g/mol. The number of phenolic OH excluding ortho intramolecular Hbond substituents is 2. The van der Waals surface area contributed by atoms with E-state index in [9.17, 15) is 15.3 Å². The number of aromatic hydroxyl groups is 2. The molecule has 0 bridgehead atoms. The summed E-state index contributed by atoms with van der Waals surface area (Å²) in [5.41, 5.74) is 1.29. The number of nitrogens with one attached hydrogen (secondary N) is 3. The Hall–Kier alpha value is -3.34. The zero-order chi connectivity index (χ0) is 20.3. The topological polar surface area (TPSA) is 161 Å². The lowest BCUT2D eigenvalue weighted by Gasteiger charge is -2.20. The van der Waals surface area contributed by atoms with E-state index < -0.39 is 0 Å². The second-order valence-electron chi connectivity index (χ2n) is 6.59. The van der Waals surface area contributed by atoms with Crippen LogP contribution in [-0.2, 0) is 6.54 Å². The minimum Gasteiger partial charge on any atom is -0.507 e. The van der Waals surface area contributed by atoms with Gasteiger partial charge in [0.2, 0.25) is 11.6 Å². The molecule has 11 nitrogen and oxygen atoms in total. The van der Waals surface area contributed by atoms with Crippen LogP contribution in [0.3, 0.4) is 0 Å². The number of phenols is 2. The van der Waals surface area contributed by atoms with Crippen LogP contribution in [0.5, 0.6) is 17.2 Å². The maximum atomic E-state index is 10.1. The second kappa shape index (κ2) is 8.13. The highest BCUT2D eigenvalue weighted by molar-refractivity contribution is 5.83. The lowest BCUT2D eigenvalue weighted by Crippen LogP contribution is -2.30. The molecule has 28 heavy (non-hydrogen) atoms. The van der Waals surface area contributed by atoms with Gasteiger partial charge in [0.05, 0.1) is 19.8 Å². The van der Waals surface area contributed by atoms with E-state index in [-0.39, 0.29) is 42.4 Å². The van der Waals surface area contributed by atoms with Gasteiger partial charge in [-0.2, -0.15) is 9.97 Å². The molecule has 2 heterocycles. The number of rotatable bonds is 8. The highest BCUT2D eigenvalue weighted by atomic mass is 16.5. The SMILES string of the molecule is COc1cc(O)c(CNc2nc(N[C@@H](CO)C(C)C)nc3nn[nH]c23)cc1O. The normalized spacial score (nSPS) is 12.3. The van der Waals surface area contributed by atoms with Gasteiger partial charge in [-0.3, -0.25) is 5.10 Å². The summed E-state index contributed by atoms with van der Waals surface area (Å²) in [4.78, 5) is 8.71. The van der Waals surface area contributed by atoms with E-state index in [4.69, 9.17) is 4.74 Å². The maximum Gasteiger partial charge on any atom is 0.227 e. The first kappa shape index (κ1) is 19.4. The molecule has 0 aliphatic carbocycles. The van der Waals surface area contributed by atoms with E-state index in [1.165, 1.54) is 19.2 Å². The average molecular weight is 389 g/mol. The summed E-state index contributed by atoms with van der Waals surface area (Å²) in [6.45, 7) is 4.04. The molecule has 6 N–H and O–H groups in total. The van der Waals surface area contributed by atoms with Gasteiger partial charge in [-0.15, -0.1) is 5.10 Å². The van der Waals surface area contributed by atoms with Crippen molar-refractivity contribution in [1.29, 1.82) is 0 Å². The van der Waals surface area contributed by atoms with Gasteiger partial charge in [0.25, 0.3) is 0 Å². The van der Waals surface area contributed by atoms with Crippen LogP contribution >= 0.6 is 0 Å².